The zero-order valence-electron chi connectivity index (χ0n) is 9.98. The van der Waals surface area contributed by atoms with Gasteiger partial charge in [0.1, 0.15) is 0 Å². The molecular weight excluding hydrogens is 204 g/mol. The van der Waals surface area contributed by atoms with E-state index in [0.29, 0.717) is 6.04 Å². The van der Waals surface area contributed by atoms with E-state index in [1.807, 2.05) is 0 Å². The predicted molar refractivity (Wildman–Crippen MR) is 64.0 cm³/mol. The third kappa shape index (κ3) is 2.47. The van der Waals surface area contributed by atoms with Crippen molar-refractivity contribution in [3.05, 3.63) is 0 Å². The molecule has 0 aromatic carbocycles. The normalized spacial score (nSPS) is 28.9. The Morgan fingerprint density at radius 3 is 3.00 bits per heavy atom. The quantitative estimate of drug-likeness (QED) is 0.238. The summed E-state index contributed by atoms with van der Waals surface area (Å²) in [7, 11) is 1.71. The second-order valence-electron chi connectivity index (χ2n) is 4.68. The molecular formula is C11H22N4O. The van der Waals surface area contributed by atoms with Gasteiger partial charge in [0, 0.05) is 32.8 Å². The van der Waals surface area contributed by atoms with Crippen LogP contribution in [0.3, 0.4) is 0 Å². The van der Waals surface area contributed by atoms with E-state index >= 15 is 0 Å². The van der Waals surface area contributed by atoms with Crippen molar-refractivity contribution in [3.63, 3.8) is 0 Å². The van der Waals surface area contributed by atoms with Gasteiger partial charge in [0.05, 0.1) is 0 Å². The summed E-state index contributed by atoms with van der Waals surface area (Å²) in [5, 5.41) is 0. The SMILES string of the molecule is COCCCN=C(NN)N1CC2CCC1C2. The third-order valence-corrected chi connectivity index (χ3v) is 3.58. The summed E-state index contributed by atoms with van der Waals surface area (Å²) in [6.45, 7) is 2.66. The van der Waals surface area contributed by atoms with Crippen molar-refractivity contribution in [2.45, 2.75) is 31.7 Å². The van der Waals surface area contributed by atoms with E-state index in [9.17, 15) is 0 Å². The molecule has 3 N–H and O–H groups in total. The monoisotopic (exact) mass is 226 g/mol. The zero-order valence-corrected chi connectivity index (χ0v) is 9.98. The molecule has 2 unspecified atom stereocenters. The lowest BCUT2D eigenvalue weighted by Crippen LogP contribution is -2.48. The molecule has 1 heterocycles. The van der Waals surface area contributed by atoms with Crippen LogP contribution in [-0.4, -0.2) is 43.7 Å². The Morgan fingerprint density at radius 1 is 1.56 bits per heavy atom. The maximum atomic E-state index is 5.55. The first kappa shape index (κ1) is 11.7. The van der Waals surface area contributed by atoms with Crippen molar-refractivity contribution in [2.24, 2.45) is 16.8 Å². The fourth-order valence-electron chi connectivity index (χ4n) is 2.80. The number of nitrogens with two attached hydrogens (primary N) is 1. The highest BCUT2D eigenvalue weighted by atomic mass is 16.5. The Hall–Kier alpha value is -0.810. The standard InChI is InChI=1S/C11H22N4O/c1-16-6-2-5-13-11(14-12)15-8-9-3-4-10(15)7-9/h9-10H,2-8,12H2,1H3,(H,13,14). The number of fused-ring (bicyclic) bond motifs is 2. The van der Waals surface area contributed by atoms with Gasteiger partial charge in [-0.1, -0.05) is 0 Å². The number of piperidine rings is 1. The molecule has 1 saturated heterocycles. The zero-order chi connectivity index (χ0) is 11.4. The van der Waals surface area contributed by atoms with Crippen LogP contribution in [0.15, 0.2) is 4.99 Å². The Bertz CT molecular complexity index is 256. The van der Waals surface area contributed by atoms with Crippen molar-refractivity contribution in [2.75, 3.05) is 26.8 Å². The minimum atomic E-state index is 0.669. The molecule has 5 nitrogen and oxygen atoms in total. The van der Waals surface area contributed by atoms with Gasteiger partial charge in [0.2, 0.25) is 5.96 Å². The summed E-state index contributed by atoms with van der Waals surface area (Å²) in [5.41, 5.74) is 2.74. The minimum Gasteiger partial charge on any atom is -0.385 e. The van der Waals surface area contributed by atoms with Gasteiger partial charge in [0.25, 0.3) is 0 Å². The van der Waals surface area contributed by atoms with E-state index in [1.54, 1.807) is 7.11 Å². The Balaban J connectivity index is 1.84. The van der Waals surface area contributed by atoms with E-state index in [1.165, 1.54) is 19.3 Å². The smallest absolute Gasteiger partial charge is 0.208 e. The van der Waals surface area contributed by atoms with Crippen LogP contribution in [0.2, 0.25) is 0 Å². The highest BCUT2D eigenvalue weighted by Crippen LogP contribution is 2.37. The lowest BCUT2D eigenvalue weighted by molar-refractivity contribution is 0.196. The van der Waals surface area contributed by atoms with Gasteiger partial charge in [-0.2, -0.15) is 0 Å². The first-order valence-corrected chi connectivity index (χ1v) is 6.11. The molecule has 0 aromatic rings. The second kappa shape index (κ2) is 5.50. The van der Waals surface area contributed by atoms with E-state index in [0.717, 1.165) is 38.0 Å². The molecule has 2 bridgehead atoms. The number of nitrogens with one attached hydrogen (secondary N) is 1. The number of guanidine groups is 1. The number of aliphatic imine (C=N–C) groups is 1. The lowest BCUT2D eigenvalue weighted by atomic mass is 10.1. The number of likely N-dealkylation sites (tertiary alicyclic amines) is 1. The van der Waals surface area contributed by atoms with Gasteiger partial charge in [-0.25, -0.2) is 5.84 Å². The van der Waals surface area contributed by atoms with Crippen molar-refractivity contribution in [1.82, 2.24) is 10.3 Å². The highest BCUT2D eigenvalue weighted by Gasteiger charge is 2.39. The summed E-state index contributed by atoms with van der Waals surface area (Å²) in [4.78, 5) is 6.84. The number of rotatable bonds is 4. The Labute approximate surface area is 97.0 Å². The Kier molecular flexibility index (Phi) is 4.01. The molecule has 2 rings (SSSR count). The van der Waals surface area contributed by atoms with E-state index in [2.05, 4.69) is 15.3 Å². The van der Waals surface area contributed by atoms with Crippen LogP contribution < -0.4 is 11.3 Å². The van der Waals surface area contributed by atoms with Crippen LogP contribution in [0.1, 0.15) is 25.7 Å². The van der Waals surface area contributed by atoms with E-state index in [-0.39, 0.29) is 0 Å². The molecule has 5 heteroatoms. The molecule has 2 atom stereocenters. The number of ether oxygens (including phenoxy) is 1. The molecule has 92 valence electrons. The number of hydrogen-bond donors (Lipinski definition) is 2. The molecule has 0 spiro atoms. The summed E-state index contributed by atoms with van der Waals surface area (Å²) in [6.07, 6.45) is 4.94. The molecule has 2 aliphatic rings. The van der Waals surface area contributed by atoms with Gasteiger partial charge in [-0.15, -0.1) is 0 Å². The van der Waals surface area contributed by atoms with Crippen LogP contribution in [-0.2, 0) is 4.74 Å². The van der Waals surface area contributed by atoms with Gasteiger partial charge in [-0.3, -0.25) is 10.4 Å². The largest absolute Gasteiger partial charge is 0.385 e. The summed E-state index contributed by atoms with van der Waals surface area (Å²) >= 11 is 0. The van der Waals surface area contributed by atoms with E-state index in [4.69, 9.17) is 10.6 Å². The fraction of sp³-hybridized carbons (Fsp3) is 0.909. The van der Waals surface area contributed by atoms with Gasteiger partial charge < -0.3 is 9.64 Å². The molecule has 0 aromatic heterocycles. The van der Waals surface area contributed by atoms with Gasteiger partial charge >= 0.3 is 0 Å². The van der Waals surface area contributed by atoms with E-state index < -0.39 is 0 Å². The maximum absolute atomic E-state index is 5.55. The van der Waals surface area contributed by atoms with Crippen molar-refractivity contribution in [1.29, 1.82) is 0 Å². The van der Waals surface area contributed by atoms with Crippen LogP contribution in [0.25, 0.3) is 0 Å². The summed E-state index contributed by atoms with van der Waals surface area (Å²) in [5.74, 6) is 7.27. The average Bonchev–Trinajstić information content (AvgIpc) is 2.91. The number of hydrogen-bond acceptors (Lipinski definition) is 3. The summed E-state index contributed by atoms with van der Waals surface area (Å²) < 4.78 is 5.00. The molecule has 1 aliphatic heterocycles. The molecule has 0 radical (unpaired) electrons. The Morgan fingerprint density at radius 2 is 2.44 bits per heavy atom. The number of methoxy groups -OCH3 is 1. The average molecular weight is 226 g/mol. The number of hydrazine groups is 1. The van der Waals surface area contributed by atoms with Crippen LogP contribution in [0.5, 0.6) is 0 Å². The highest BCUT2D eigenvalue weighted by molar-refractivity contribution is 5.80. The van der Waals surface area contributed by atoms with Gasteiger partial charge in [0.15, 0.2) is 0 Å². The molecule has 1 saturated carbocycles. The molecule has 2 fully saturated rings. The lowest BCUT2D eigenvalue weighted by Gasteiger charge is -2.29. The van der Waals surface area contributed by atoms with Crippen LogP contribution in [0, 0.1) is 5.92 Å². The predicted octanol–water partition coefficient (Wildman–Crippen LogP) is 0.327. The first-order chi connectivity index (χ1) is 7.85. The fourth-order valence-corrected chi connectivity index (χ4v) is 2.80. The van der Waals surface area contributed by atoms with Crippen LogP contribution >= 0.6 is 0 Å². The molecule has 1 aliphatic carbocycles. The van der Waals surface area contributed by atoms with Gasteiger partial charge in [-0.05, 0) is 31.6 Å². The van der Waals surface area contributed by atoms with Crippen molar-refractivity contribution < 1.29 is 4.74 Å². The first-order valence-electron chi connectivity index (χ1n) is 6.11. The van der Waals surface area contributed by atoms with Crippen molar-refractivity contribution in [3.8, 4) is 0 Å². The van der Waals surface area contributed by atoms with Crippen molar-refractivity contribution >= 4 is 5.96 Å². The summed E-state index contributed by atoms with van der Waals surface area (Å²) in [6, 6.07) is 0.669. The maximum Gasteiger partial charge on any atom is 0.208 e. The third-order valence-electron chi connectivity index (χ3n) is 3.58. The molecule has 0 amide bonds. The molecule has 16 heavy (non-hydrogen) atoms. The van der Waals surface area contributed by atoms with Crippen LogP contribution in [0.4, 0.5) is 0 Å². The topological polar surface area (TPSA) is 62.9 Å². The second-order valence-corrected chi connectivity index (χ2v) is 4.68. The number of nitrogens with zero attached hydrogens (tertiary/aromatic N) is 2. The minimum absolute atomic E-state index is 0.669.